The standard InChI is InChI=1S/C15H18N2O4/c1-2-9-19-12-5-3-4-6-13(12)20-10-11-7-8-14(21-11)15(18)17-16/h3-8H,2,9-10,16H2,1H3,(H,17,18). The second kappa shape index (κ2) is 7.35. The Kier molecular flexibility index (Phi) is 5.22. The number of carbonyl (C=O) groups is 1. The Morgan fingerprint density at radius 1 is 1.19 bits per heavy atom. The molecule has 0 unspecified atom stereocenters. The number of ether oxygens (including phenoxy) is 2. The Morgan fingerprint density at radius 2 is 1.90 bits per heavy atom. The molecule has 1 heterocycles. The summed E-state index contributed by atoms with van der Waals surface area (Å²) in [5.74, 6) is 6.55. The molecule has 0 saturated carbocycles. The number of benzene rings is 1. The highest BCUT2D eigenvalue weighted by atomic mass is 16.5. The van der Waals surface area contributed by atoms with Gasteiger partial charge in [0.25, 0.3) is 0 Å². The van der Waals surface area contributed by atoms with Crippen LogP contribution in [0.3, 0.4) is 0 Å². The molecule has 6 nitrogen and oxygen atoms in total. The van der Waals surface area contributed by atoms with Crippen molar-refractivity contribution in [3.05, 3.63) is 47.9 Å². The third-order valence-corrected chi connectivity index (χ3v) is 2.70. The summed E-state index contributed by atoms with van der Waals surface area (Å²) in [6.45, 7) is 2.86. The number of hydrogen-bond acceptors (Lipinski definition) is 5. The summed E-state index contributed by atoms with van der Waals surface area (Å²) < 4.78 is 16.6. The summed E-state index contributed by atoms with van der Waals surface area (Å²) in [6, 6.07) is 10.6. The number of carbonyl (C=O) groups excluding carboxylic acids is 1. The molecule has 0 aliphatic heterocycles. The molecule has 0 bridgehead atoms. The number of rotatable bonds is 7. The molecule has 0 radical (unpaired) electrons. The zero-order chi connectivity index (χ0) is 15.1. The first-order valence-corrected chi connectivity index (χ1v) is 6.69. The van der Waals surface area contributed by atoms with Crippen molar-refractivity contribution in [3.63, 3.8) is 0 Å². The van der Waals surface area contributed by atoms with Crippen molar-refractivity contribution < 1.29 is 18.7 Å². The number of nitrogen functional groups attached to an aromatic ring is 1. The minimum atomic E-state index is -0.479. The summed E-state index contributed by atoms with van der Waals surface area (Å²) in [6.07, 6.45) is 0.921. The van der Waals surface area contributed by atoms with E-state index in [1.165, 1.54) is 0 Å². The predicted octanol–water partition coefficient (Wildman–Crippen LogP) is 2.25. The number of nitrogens with two attached hydrogens (primary N) is 1. The number of hydrogen-bond donors (Lipinski definition) is 2. The monoisotopic (exact) mass is 290 g/mol. The lowest BCUT2D eigenvalue weighted by Gasteiger charge is -2.11. The van der Waals surface area contributed by atoms with E-state index in [9.17, 15) is 4.79 Å². The molecular formula is C15H18N2O4. The number of hydrazine groups is 1. The maximum Gasteiger partial charge on any atom is 0.300 e. The first-order chi connectivity index (χ1) is 10.2. The molecule has 0 aliphatic rings. The highest BCUT2D eigenvalue weighted by molar-refractivity contribution is 5.90. The van der Waals surface area contributed by atoms with Gasteiger partial charge in [-0.05, 0) is 30.7 Å². The van der Waals surface area contributed by atoms with Crippen molar-refractivity contribution in [1.29, 1.82) is 0 Å². The molecule has 112 valence electrons. The molecule has 1 aromatic heterocycles. The number of nitrogens with one attached hydrogen (secondary N) is 1. The average molecular weight is 290 g/mol. The van der Waals surface area contributed by atoms with Gasteiger partial charge in [-0.25, -0.2) is 5.84 Å². The molecule has 0 atom stereocenters. The zero-order valence-corrected chi connectivity index (χ0v) is 11.8. The Balaban J connectivity index is 1.99. The summed E-state index contributed by atoms with van der Waals surface area (Å²) in [5.41, 5.74) is 2.01. The zero-order valence-electron chi connectivity index (χ0n) is 11.8. The minimum Gasteiger partial charge on any atom is -0.490 e. The van der Waals surface area contributed by atoms with Crippen molar-refractivity contribution in [2.24, 2.45) is 5.84 Å². The van der Waals surface area contributed by atoms with Gasteiger partial charge >= 0.3 is 5.91 Å². The van der Waals surface area contributed by atoms with Gasteiger partial charge in [-0.2, -0.15) is 0 Å². The van der Waals surface area contributed by atoms with Gasteiger partial charge in [0.15, 0.2) is 17.3 Å². The molecule has 0 spiro atoms. The SMILES string of the molecule is CCCOc1ccccc1OCc1ccc(C(=O)NN)o1. The van der Waals surface area contributed by atoms with Crippen molar-refractivity contribution in [2.75, 3.05) is 6.61 Å². The number of amides is 1. The van der Waals surface area contributed by atoms with Gasteiger partial charge in [0.2, 0.25) is 0 Å². The van der Waals surface area contributed by atoms with Crippen molar-refractivity contribution in [2.45, 2.75) is 20.0 Å². The quantitative estimate of drug-likeness (QED) is 0.464. The van der Waals surface area contributed by atoms with Crippen LogP contribution in [0.25, 0.3) is 0 Å². The first kappa shape index (κ1) is 14.9. The molecule has 0 saturated heterocycles. The largest absolute Gasteiger partial charge is 0.490 e. The Morgan fingerprint density at radius 3 is 2.57 bits per heavy atom. The number of para-hydroxylation sites is 2. The normalized spacial score (nSPS) is 10.2. The van der Waals surface area contributed by atoms with Gasteiger partial charge in [0, 0.05) is 0 Å². The van der Waals surface area contributed by atoms with E-state index in [0.717, 1.165) is 6.42 Å². The van der Waals surface area contributed by atoms with E-state index in [1.54, 1.807) is 12.1 Å². The van der Waals surface area contributed by atoms with Crippen LogP contribution in [0.4, 0.5) is 0 Å². The lowest BCUT2D eigenvalue weighted by Crippen LogP contribution is -2.29. The lowest BCUT2D eigenvalue weighted by molar-refractivity contribution is 0.0921. The van der Waals surface area contributed by atoms with E-state index in [0.29, 0.717) is 23.9 Å². The predicted molar refractivity (Wildman–Crippen MR) is 76.9 cm³/mol. The summed E-state index contributed by atoms with van der Waals surface area (Å²) in [5, 5.41) is 0. The van der Waals surface area contributed by atoms with Crippen LogP contribution in [-0.4, -0.2) is 12.5 Å². The maximum atomic E-state index is 11.3. The molecule has 21 heavy (non-hydrogen) atoms. The maximum absolute atomic E-state index is 11.3. The molecule has 0 aliphatic carbocycles. The molecular weight excluding hydrogens is 272 g/mol. The topological polar surface area (TPSA) is 86.7 Å². The van der Waals surface area contributed by atoms with Gasteiger partial charge in [-0.1, -0.05) is 19.1 Å². The second-order valence-corrected chi connectivity index (χ2v) is 4.32. The van der Waals surface area contributed by atoms with Gasteiger partial charge in [-0.15, -0.1) is 0 Å². The van der Waals surface area contributed by atoms with Gasteiger partial charge in [0.05, 0.1) is 6.61 Å². The van der Waals surface area contributed by atoms with E-state index < -0.39 is 5.91 Å². The van der Waals surface area contributed by atoms with Crippen LogP contribution in [0.15, 0.2) is 40.8 Å². The second-order valence-electron chi connectivity index (χ2n) is 4.32. The molecule has 2 aromatic rings. The Bertz CT molecular complexity index is 595. The fraction of sp³-hybridized carbons (Fsp3) is 0.267. The van der Waals surface area contributed by atoms with Gasteiger partial charge < -0.3 is 13.9 Å². The molecule has 6 heteroatoms. The fourth-order valence-corrected chi connectivity index (χ4v) is 1.70. The molecule has 1 amide bonds. The minimum absolute atomic E-state index is 0.145. The van der Waals surface area contributed by atoms with Crippen LogP contribution in [-0.2, 0) is 6.61 Å². The summed E-state index contributed by atoms with van der Waals surface area (Å²) >= 11 is 0. The van der Waals surface area contributed by atoms with Crippen LogP contribution in [0.1, 0.15) is 29.7 Å². The molecule has 0 fully saturated rings. The fourth-order valence-electron chi connectivity index (χ4n) is 1.70. The van der Waals surface area contributed by atoms with Crippen molar-refractivity contribution >= 4 is 5.91 Å². The molecule has 3 N–H and O–H groups in total. The van der Waals surface area contributed by atoms with Gasteiger partial charge in [-0.3, -0.25) is 10.2 Å². The Labute approximate surface area is 122 Å². The van der Waals surface area contributed by atoms with E-state index in [2.05, 4.69) is 0 Å². The van der Waals surface area contributed by atoms with E-state index in [4.69, 9.17) is 19.7 Å². The van der Waals surface area contributed by atoms with Crippen molar-refractivity contribution in [3.8, 4) is 11.5 Å². The highest BCUT2D eigenvalue weighted by Gasteiger charge is 2.11. The van der Waals surface area contributed by atoms with Crippen LogP contribution < -0.4 is 20.7 Å². The summed E-state index contributed by atoms with van der Waals surface area (Å²) in [4.78, 5) is 11.3. The van der Waals surface area contributed by atoms with Crippen LogP contribution in [0.2, 0.25) is 0 Å². The highest BCUT2D eigenvalue weighted by Crippen LogP contribution is 2.27. The molecule has 1 aromatic carbocycles. The van der Waals surface area contributed by atoms with E-state index >= 15 is 0 Å². The van der Waals surface area contributed by atoms with Crippen molar-refractivity contribution in [1.82, 2.24) is 5.43 Å². The van der Waals surface area contributed by atoms with E-state index in [1.807, 2.05) is 36.6 Å². The summed E-state index contributed by atoms with van der Waals surface area (Å²) in [7, 11) is 0. The lowest BCUT2D eigenvalue weighted by atomic mass is 10.3. The van der Waals surface area contributed by atoms with Crippen LogP contribution >= 0.6 is 0 Å². The van der Waals surface area contributed by atoms with E-state index in [-0.39, 0.29) is 12.4 Å². The van der Waals surface area contributed by atoms with Crippen LogP contribution in [0.5, 0.6) is 11.5 Å². The third kappa shape index (κ3) is 4.00. The molecule has 2 rings (SSSR count). The third-order valence-electron chi connectivity index (χ3n) is 2.70. The first-order valence-electron chi connectivity index (χ1n) is 6.69. The van der Waals surface area contributed by atoms with Crippen LogP contribution in [0, 0.1) is 0 Å². The Hall–Kier alpha value is -2.47. The number of furan rings is 1. The smallest absolute Gasteiger partial charge is 0.300 e. The van der Waals surface area contributed by atoms with Gasteiger partial charge in [0.1, 0.15) is 12.4 Å². The average Bonchev–Trinajstić information content (AvgIpc) is 3.00.